The Bertz CT molecular complexity index is 238. The largest absolute Gasteiger partial charge is 0.480 e. The monoisotopic (exact) mass is 340 g/mol. The first kappa shape index (κ1) is 20.7. The van der Waals surface area contributed by atoms with Crippen molar-refractivity contribution in [2.45, 2.75) is 51.6 Å². The number of hydrogen-bond acceptors (Lipinski definition) is 4. The van der Waals surface area contributed by atoms with Crippen molar-refractivity contribution in [1.29, 1.82) is 0 Å². The maximum absolute atomic E-state index is 10.5. The molecule has 0 spiro atoms. The molecule has 0 radical (unpaired) electrons. The number of carbonyl (C=O) groups is 2. The Balaban J connectivity index is 0. The summed E-state index contributed by atoms with van der Waals surface area (Å²) in [7, 11) is 0. The lowest BCUT2D eigenvalue weighted by molar-refractivity contribution is -0.139. The SMILES string of the molecule is Br.CC(NCCCCCCNC(C)C(=O)O)C(=O)O. The lowest BCUT2D eigenvalue weighted by atomic mass is 10.2. The van der Waals surface area contributed by atoms with E-state index in [0.29, 0.717) is 13.1 Å². The van der Waals surface area contributed by atoms with Gasteiger partial charge in [0, 0.05) is 0 Å². The molecule has 6 nitrogen and oxygen atoms in total. The van der Waals surface area contributed by atoms with E-state index >= 15 is 0 Å². The smallest absolute Gasteiger partial charge is 0.320 e. The average molecular weight is 341 g/mol. The first-order chi connectivity index (χ1) is 8.45. The van der Waals surface area contributed by atoms with Gasteiger partial charge in [-0.15, -0.1) is 17.0 Å². The first-order valence-electron chi connectivity index (χ1n) is 6.37. The Morgan fingerprint density at radius 2 is 1.16 bits per heavy atom. The Morgan fingerprint density at radius 1 is 0.842 bits per heavy atom. The zero-order valence-corrected chi connectivity index (χ0v) is 13.2. The molecule has 19 heavy (non-hydrogen) atoms. The number of hydrogen-bond donors (Lipinski definition) is 4. The minimum Gasteiger partial charge on any atom is -0.480 e. The summed E-state index contributed by atoms with van der Waals surface area (Å²) in [5, 5.41) is 23.1. The molecule has 0 rings (SSSR count). The maximum Gasteiger partial charge on any atom is 0.320 e. The van der Waals surface area contributed by atoms with E-state index in [1.54, 1.807) is 13.8 Å². The van der Waals surface area contributed by atoms with Crippen molar-refractivity contribution in [2.24, 2.45) is 0 Å². The summed E-state index contributed by atoms with van der Waals surface area (Å²) in [5.41, 5.74) is 0. The molecule has 0 saturated carbocycles. The predicted octanol–water partition coefficient (Wildman–Crippen LogP) is 1.25. The molecule has 0 fully saturated rings. The highest BCUT2D eigenvalue weighted by molar-refractivity contribution is 8.93. The fourth-order valence-electron chi connectivity index (χ4n) is 1.42. The Morgan fingerprint density at radius 3 is 1.42 bits per heavy atom. The van der Waals surface area contributed by atoms with Crippen LogP contribution in [0.4, 0.5) is 0 Å². The molecule has 2 unspecified atom stereocenters. The number of carboxylic acids is 2. The van der Waals surface area contributed by atoms with Gasteiger partial charge < -0.3 is 20.8 Å². The molecule has 0 aliphatic carbocycles. The molecule has 4 N–H and O–H groups in total. The van der Waals surface area contributed by atoms with E-state index in [4.69, 9.17) is 10.2 Å². The average Bonchev–Trinajstić information content (AvgIpc) is 2.31. The van der Waals surface area contributed by atoms with E-state index in [2.05, 4.69) is 10.6 Å². The van der Waals surface area contributed by atoms with Gasteiger partial charge in [0.1, 0.15) is 12.1 Å². The highest BCUT2D eigenvalue weighted by Gasteiger charge is 2.09. The van der Waals surface area contributed by atoms with Crippen molar-refractivity contribution in [3.8, 4) is 0 Å². The van der Waals surface area contributed by atoms with Gasteiger partial charge in [0.15, 0.2) is 0 Å². The van der Waals surface area contributed by atoms with Crippen molar-refractivity contribution >= 4 is 28.9 Å². The van der Waals surface area contributed by atoms with Crippen molar-refractivity contribution < 1.29 is 19.8 Å². The molecule has 114 valence electrons. The second-order valence-electron chi connectivity index (χ2n) is 4.44. The number of halogens is 1. The highest BCUT2D eigenvalue weighted by atomic mass is 79.9. The van der Waals surface area contributed by atoms with Gasteiger partial charge in [-0.2, -0.15) is 0 Å². The van der Waals surface area contributed by atoms with Crippen LogP contribution in [0.5, 0.6) is 0 Å². The summed E-state index contributed by atoms with van der Waals surface area (Å²) < 4.78 is 0. The molecule has 7 heteroatoms. The van der Waals surface area contributed by atoms with E-state index in [1.165, 1.54) is 0 Å². The summed E-state index contributed by atoms with van der Waals surface area (Å²) in [6, 6.07) is -0.994. The molecule has 0 heterocycles. The Kier molecular flexibility index (Phi) is 13.5. The van der Waals surface area contributed by atoms with Crippen LogP contribution in [-0.2, 0) is 9.59 Å². The summed E-state index contributed by atoms with van der Waals surface area (Å²) in [4.78, 5) is 21.0. The van der Waals surface area contributed by atoms with Crippen LogP contribution in [0.1, 0.15) is 39.5 Å². The van der Waals surface area contributed by atoms with E-state index in [-0.39, 0.29) is 17.0 Å². The molecule has 2 atom stereocenters. The number of unbranched alkanes of at least 4 members (excludes halogenated alkanes) is 3. The quantitative estimate of drug-likeness (QED) is 0.422. The maximum atomic E-state index is 10.5. The van der Waals surface area contributed by atoms with Gasteiger partial charge in [0.2, 0.25) is 0 Å². The number of rotatable bonds is 11. The second kappa shape index (κ2) is 12.4. The lowest BCUT2D eigenvalue weighted by Gasteiger charge is -2.10. The predicted molar refractivity (Wildman–Crippen MR) is 79.0 cm³/mol. The van der Waals surface area contributed by atoms with Crippen molar-refractivity contribution in [2.75, 3.05) is 13.1 Å². The number of carboxylic acid groups (broad SMARTS) is 2. The van der Waals surface area contributed by atoms with Crippen LogP contribution >= 0.6 is 17.0 Å². The molecule has 0 aromatic rings. The van der Waals surface area contributed by atoms with E-state index in [1.807, 2.05) is 0 Å². The van der Waals surface area contributed by atoms with Crippen molar-refractivity contribution in [3.05, 3.63) is 0 Å². The van der Waals surface area contributed by atoms with Crippen LogP contribution in [0.15, 0.2) is 0 Å². The minimum absolute atomic E-state index is 0. The van der Waals surface area contributed by atoms with Crippen LogP contribution in [0.25, 0.3) is 0 Å². The fraction of sp³-hybridized carbons (Fsp3) is 0.833. The van der Waals surface area contributed by atoms with Gasteiger partial charge >= 0.3 is 11.9 Å². The number of nitrogens with one attached hydrogen (secondary N) is 2. The normalized spacial score (nSPS) is 13.4. The van der Waals surface area contributed by atoms with Gasteiger partial charge in [-0.05, 0) is 39.8 Å². The zero-order chi connectivity index (χ0) is 14.0. The summed E-state index contributed by atoms with van der Waals surface area (Å²) >= 11 is 0. The molecule has 0 saturated heterocycles. The van der Waals surface area contributed by atoms with Crippen molar-refractivity contribution in [3.63, 3.8) is 0 Å². The molecule has 0 aromatic heterocycles. The van der Waals surface area contributed by atoms with Crippen LogP contribution < -0.4 is 10.6 Å². The summed E-state index contributed by atoms with van der Waals surface area (Å²) in [6.07, 6.45) is 3.91. The zero-order valence-electron chi connectivity index (χ0n) is 11.5. The van der Waals surface area contributed by atoms with E-state index in [0.717, 1.165) is 25.7 Å². The van der Waals surface area contributed by atoms with Crippen LogP contribution in [-0.4, -0.2) is 47.3 Å². The first-order valence-corrected chi connectivity index (χ1v) is 6.37. The Labute approximate surface area is 124 Å². The minimum atomic E-state index is -0.832. The van der Waals surface area contributed by atoms with Crippen molar-refractivity contribution in [1.82, 2.24) is 10.6 Å². The van der Waals surface area contributed by atoms with Gasteiger partial charge in [-0.1, -0.05) is 12.8 Å². The Hall–Kier alpha value is -0.660. The summed E-state index contributed by atoms with van der Waals surface area (Å²) in [6.45, 7) is 4.65. The molecule has 0 aliphatic rings. The van der Waals surface area contributed by atoms with Gasteiger partial charge in [0.25, 0.3) is 0 Å². The van der Waals surface area contributed by atoms with Crippen LogP contribution in [0.2, 0.25) is 0 Å². The van der Waals surface area contributed by atoms with Gasteiger partial charge in [-0.3, -0.25) is 9.59 Å². The standard InChI is InChI=1S/C12H24N2O4.BrH/c1-9(11(15)16)13-7-5-3-4-6-8-14-10(2)12(17)18;/h9-10,13-14H,3-8H2,1-2H3,(H,15,16)(H,17,18);1H. The molecule has 0 bridgehead atoms. The molecule has 0 aromatic carbocycles. The molecular formula is C12H25BrN2O4. The number of aliphatic carboxylic acids is 2. The molecular weight excluding hydrogens is 316 g/mol. The van der Waals surface area contributed by atoms with E-state index < -0.39 is 24.0 Å². The van der Waals surface area contributed by atoms with Crippen LogP contribution in [0.3, 0.4) is 0 Å². The third-order valence-corrected chi connectivity index (χ3v) is 2.75. The third-order valence-electron chi connectivity index (χ3n) is 2.75. The van der Waals surface area contributed by atoms with Gasteiger partial charge in [-0.25, -0.2) is 0 Å². The topological polar surface area (TPSA) is 98.7 Å². The van der Waals surface area contributed by atoms with Crippen LogP contribution in [0, 0.1) is 0 Å². The summed E-state index contributed by atoms with van der Waals surface area (Å²) in [5.74, 6) is -1.66. The second-order valence-corrected chi connectivity index (χ2v) is 4.44. The highest BCUT2D eigenvalue weighted by Crippen LogP contribution is 1.98. The third kappa shape index (κ3) is 12.1. The molecule has 0 aliphatic heterocycles. The lowest BCUT2D eigenvalue weighted by Crippen LogP contribution is -2.34. The fourth-order valence-corrected chi connectivity index (χ4v) is 1.42. The van der Waals surface area contributed by atoms with Gasteiger partial charge in [0.05, 0.1) is 0 Å². The van der Waals surface area contributed by atoms with E-state index in [9.17, 15) is 9.59 Å². The molecule has 0 amide bonds.